The second kappa shape index (κ2) is 9.99. The Balaban J connectivity index is 1.44. The minimum Gasteiger partial charge on any atom is -0.467 e. The van der Waals surface area contributed by atoms with Gasteiger partial charge in [-0.05, 0) is 50.5 Å². The fourth-order valence-electron chi connectivity index (χ4n) is 4.15. The minimum absolute atomic E-state index is 0.00340. The first-order valence-corrected chi connectivity index (χ1v) is 12.7. The van der Waals surface area contributed by atoms with Gasteiger partial charge in [-0.25, -0.2) is 8.42 Å². The summed E-state index contributed by atoms with van der Waals surface area (Å²) in [5.41, 5.74) is 2.39. The predicted molar refractivity (Wildman–Crippen MR) is 128 cm³/mol. The summed E-state index contributed by atoms with van der Waals surface area (Å²) in [7, 11) is -2.08. The third-order valence-electron chi connectivity index (χ3n) is 6.09. The van der Waals surface area contributed by atoms with E-state index in [2.05, 4.69) is 5.16 Å². The molecule has 0 unspecified atom stereocenters. The van der Waals surface area contributed by atoms with Gasteiger partial charge < -0.3 is 13.8 Å². The minimum atomic E-state index is -3.82. The standard InChI is InChI=1S/C25H29N3O5S/c1-18-6-8-20(9-7-18)10-11-23-24(19(2)26-33-23)34(30,31)28-14-12-21(13-15-28)25(29)27(3)17-22-5-4-16-32-22/h4-11,16,21H,12-15,17H2,1-3H3. The van der Waals surface area contributed by atoms with Crippen LogP contribution in [0.2, 0.25) is 0 Å². The Hall–Kier alpha value is -3.17. The predicted octanol–water partition coefficient (Wildman–Crippen LogP) is 4.11. The van der Waals surface area contributed by atoms with Crippen LogP contribution in [0.5, 0.6) is 0 Å². The van der Waals surface area contributed by atoms with Crippen molar-refractivity contribution in [1.82, 2.24) is 14.4 Å². The summed E-state index contributed by atoms with van der Waals surface area (Å²) in [6, 6.07) is 11.5. The number of nitrogens with zero attached hydrogens (tertiary/aromatic N) is 3. The summed E-state index contributed by atoms with van der Waals surface area (Å²) in [6.07, 6.45) is 5.93. The van der Waals surface area contributed by atoms with Crippen molar-refractivity contribution in [2.45, 2.75) is 38.1 Å². The zero-order valence-corrected chi connectivity index (χ0v) is 20.4. The van der Waals surface area contributed by atoms with Crippen molar-refractivity contribution in [2.75, 3.05) is 20.1 Å². The molecule has 3 aromatic rings. The molecule has 34 heavy (non-hydrogen) atoms. The number of rotatable bonds is 7. The molecule has 1 amide bonds. The van der Waals surface area contributed by atoms with Crippen molar-refractivity contribution in [3.63, 3.8) is 0 Å². The van der Waals surface area contributed by atoms with Crippen LogP contribution in [0.15, 0.2) is 56.5 Å². The normalized spacial score (nSPS) is 15.7. The number of furan rings is 1. The highest BCUT2D eigenvalue weighted by molar-refractivity contribution is 7.89. The van der Waals surface area contributed by atoms with Gasteiger partial charge >= 0.3 is 0 Å². The average molecular weight is 484 g/mol. The summed E-state index contributed by atoms with van der Waals surface area (Å²) in [4.78, 5) is 14.6. The van der Waals surface area contributed by atoms with Gasteiger partial charge in [-0.1, -0.05) is 41.1 Å². The number of amides is 1. The van der Waals surface area contributed by atoms with Crippen molar-refractivity contribution in [3.8, 4) is 0 Å². The molecular weight excluding hydrogens is 454 g/mol. The van der Waals surface area contributed by atoms with Crippen LogP contribution in [0.25, 0.3) is 12.2 Å². The van der Waals surface area contributed by atoms with E-state index in [1.54, 1.807) is 43.4 Å². The van der Waals surface area contributed by atoms with Gasteiger partial charge in [-0.3, -0.25) is 4.79 Å². The number of piperidine rings is 1. The highest BCUT2D eigenvalue weighted by atomic mass is 32.2. The van der Waals surface area contributed by atoms with Gasteiger partial charge in [0, 0.05) is 26.1 Å². The maximum atomic E-state index is 13.5. The molecule has 1 aliphatic rings. The Morgan fingerprint density at radius 3 is 2.50 bits per heavy atom. The molecule has 4 rings (SSSR count). The fourth-order valence-corrected chi connectivity index (χ4v) is 5.87. The van der Waals surface area contributed by atoms with Crippen LogP contribution in [0.4, 0.5) is 0 Å². The summed E-state index contributed by atoms with van der Waals surface area (Å²) >= 11 is 0. The summed E-state index contributed by atoms with van der Waals surface area (Å²) < 4.78 is 39.0. The summed E-state index contributed by atoms with van der Waals surface area (Å²) in [5.74, 6) is 0.687. The van der Waals surface area contributed by atoms with E-state index in [1.807, 2.05) is 37.3 Å². The van der Waals surface area contributed by atoms with Gasteiger partial charge in [-0.2, -0.15) is 4.31 Å². The second-order valence-electron chi connectivity index (χ2n) is 8.66. The smallest absolute Gasteiger partial charge is 0.248 e. The third-order valence-corrected chi connectivity index (χ3v) is 8.15. The topological polar surface area (TPSA) is 96.9 Å². The number of carbonyl (C=O) groups excluding carboxylic acids is 1. The molecule has 8 nitrogen and oxygen atoms in total. The van der Waals surface area contributed by atoms with Gasteiger partial charge in [0.1, 0.15) is 11.5 Å². The third kappa shape index (κ3) is 5.15. The molecule has 0 radical (unpaired) electrons. The number of aromatic nitrogens is 1. The maximum absolute atomic E-state index is 13.5. The van der Waals surface area contributed by atoms with Crippen LogP contribution >= 0.6 is 0 Å². The van der Waals surface area contributed by atoms with Crippen molar-refractivity contribution in [3.05, 3.63) is 71.0 Å². The van der Waals surface area contributed by atoms with Crippen molar-refractivity contribution < 1.29 is 22.2 Å². The number of sulfonamides is 1. The van der Waals surface area contributed by atoms with E-state index in [0.717, 1.165) is 11.1 Å². The van der Waals surface area contributed by atoms with Crippen molar-refractivity contribution >= 4 is 28.1 Å². The first-order chi connectivity index (χ1) is 16.3. The average Bonchev–Trinajstić information content (AvgIpc) is 3.48. The van der Waals surface area contributed by atoms with Crippen molar-refractivity contribution in [1.29, 1.82) is 0 Å². The molecule has 0 aliphatic carbocycles. The number of aryl methyl sites for hydroxylation is 2. The van der Waals surface area contributed by atoms with Gasteiger partial charge in [0.15, 0.2) is 10.7 Å². The molecule has 1 aromatic carbocycles. The van der Waals surface area contributed by atoms with Crippen LogP contribution in [0, 0.1) is 19.8 Å². The van der Waals surface area contributed by atoms with Gasteiger partial charge in [-0.15, -0.1) is 0 Å². The molecule has 9 heteroatoms. The van der Waals surface area contributed by atoms with Gasteiger partial charge in [0.2, 0.25) is 15.9 Å². The lowest BCUT2D eigenvalue weighted by molar-refractivity contribution is -0.136. The molecular formula is C25H29N3O5S. The molecule has 2 aromatic heterocycles. The second-order valence-corrected chi connectivity index (χ2v) is 10.5. The molecule has 0 atom stereocenters. The Bertz CT molecular complexity index is 1250. The fraction of sp³-hybridized carbons (Fsp3) is 0.360. The van der Waals surface area contributed by atoms with Crippen LogP contribution in [0.1, 0.15) is 41.2 Å². The van der Waals surface area contributed by atoms with Crippen LogP contribution in [0.3, 0.4) is 0 Å². The zero-order valence-electron chi connectivity index (χ0n) is 19.6. The molecule has 0 N–H and O–H groups in total. The highest BCUT2D eigenvalue weighted by Gasteiger charge is 2.36. The monoisotopic (exact) mass is 483 g/mol. The molecule has 1 aliphatic heterocycles. The van der Waals surface area contributed by atoms with Crippen LogP contribution in [-0.4, -0.2) is 48.8 Å². The number of hydrogen-bond acceptors (Lipinski definition) is 6. The van der Waals surface area contributed by atoms with Crippen LogP contribution in [-0.2, 0) is 21.4 Å². The molecule has 0 saturated carbocycles. The van der Waals surface area contributed by atoms with Crippen molar-refractivity contribution in [2.24, 2.45) is 5.92 Å². The lowest BCUT2D eigenvalue weighted by atomic mass is 9.96. The molecule has 0 bridgehead atoms. The largest absolute Gasteiger partial charge is 0.467 e. The highest BCUT2D eigenvalue weighted by Crippen LogP contribution is 2.30. The maximum Gasteiger partial charge on any atom is 0.248 e. The number of carbonyl (C=O) groups is 1. The zero-order chi connectivity index (χ0) is 24.3. The summed E-state index contributed by atoms with van der Waals surface area (Å²) in [5, 5.41) is 3.90. The Morgan fingerprint density at radius 2 is 1.85 bits per heavy atom. The van der Waals surface area contributed by atoms with Gasteiger partial charge in [0.25, 0.3) is 0 Å². The van der Waals surface area contributed by atoms with E-state index in [1.165, 1.54) is 4.31 Å². The molecule has 180 valence electrons. The molecule has 1 saturated heterocycles. The van der Waals surface area contributed by atoms with E-state index in [4.69, 9.17) is 8.94 Å². The number of benzene rings is 1. The number of hydrogen-bond donors (Lipinski definition) is 0. The molecule has 0 spiro atoms. The quantitative estimate of drug-likeness (QED) is 0.502. The molecule has 3 heterocycles. The first-order valence-electron chi connectivity index (χ1n) is 11.2. The molecule has 1 fully saturated rings. The Kier molecular flexibility index (Phi) is 7.04. The summed E-state index contributed by atoms with van der Waals surface area (Å²) in [6.45, 7) is 4.55. The lowest BCUT2D eigenvalue weighted by Gasteiger charge is -2.32. The van der Waals surface area contributed by atoms with E-state index < -0.39 is 10.0 Å². The first kappa shape index (κ1) is 24.0. The van der Waals surface area contributed by atoms with Gasteiger partial charge in [0.05, 0.1) is 12.8 Å². The van der Waals surface area contributed by atoms with Crippen LogP contribution < -0.4 is 0 Å². The van der Waals surface area contributed by atoms with E-state index in [9.17, 15) is 13.2 Å². The lowest BCUT2D eigenvalue weighted by Crippen LogP contribution is -2.43. The Morgan fingerprint density at radius 1 is 1.15 bits per heavy atom. The Labute approximate surface area is 199 Å². The SMILES string of the molecule is Cc1ccc(C=Cc2onc(C)c2S(=O)(=O)N2CCC(C(=O)N(C)Cc3ccco3)CC2)cc1. The van der Waals surface area contributed by atoms with E-state index in [-0.39, 0.29) is 35.6 Å². The van der Waals surface area contributed by atoms with E-state index >= 15 is 0 Å². The van der Waals surface area contributed by atoms with E-state index in [0.29, 0.717) is 30.8 Å².